The average Bonchev–Trinajstić information content (AvgIpc) is 2.60. The molecule has 1 saturated heterocycles. The van der Waals surface area contributed by atoms with E-state index in [1.165, 1.54) is 5.56 Å². The number of carbonyl (C=O) groups is 2. The normalized spacial score (nSPS) is 18.8. The highest BCUT2D eigenvalue weighted by Crippen LogP contribution is 2.27. The molecule has 0 spiro atoms. The molecular formula is C20H29N3O2. The molecule has 1 aromatic rings. The minimum atomic E-state index is -0.338. The Hall–Kier alpha value is -1.88. The molecule has 2 heterocycles. The third kappa shape index (κ3) is 4.03. The Morgan fingerprint density at radius 2 is 1.68 bits per heavy atom. The van der Waals surface area contributed by atoms with Gasteiger partial charge in [0.1, 0.15) is 0 Å². The zero-order valence-corrected chi connectivity index (χ0v) is 15.6. The number of hydrogen-bond acceptors (Lipinski definition) is 3. The minimum Gasteiger partial charge on any atom is -0.340 e. The van der Waals surface area contributed by atoms with Crippen molar-refractivity contribution in [3.8, 4) is 0 Å². The summed E-state index contributed by atoms with van der Waals surface area (Å²) in [7, 11) is 0. The van der Waals surface area contributed by atoms with Gasteiger partial charge in [0.05, 0.1) is 6.54 Å². The summed E-state index contributed by atoms with van der Waals surface area (Å²) >= 11 is 0. The maximum Gasteiger partial charge on any atom is 0.241 e. The summed E-state index contributed by atoms with van der Waals surface area (Å²) in [6, 6.07) is 8.21. The number of hydrogen-bond donors (Lipinski definition) is 0. The highest BCUT2D eigenvalue weighted by molar-refractivity contribution is 5.96. The summed E-state index contributed by atoms with van der Waals surface area (Å²) < 4.78 is 0. The largest absolute Gasteiger partial charge is 0.340 e. The summed E-state index contributed by atoms with van der Waals surface area (Å²) in [5, 5.41) is 0. The molecule has 25 heavy (non-hydrogen) atoms. The fraction of sp³-hybridized carbons (Fsp3) is 0.600. The first-order valence-electron chi connectivity index (χ1n) is 9.26. The van der Waals surface area contributed by atoms with Crippen LogP contribution in [0.5, 0.6) is 0 Å². The van der Waals surface area contributed by atoms with Crippen molar-refractivity contribution in [2.75, 3.05) is 44.2 Å². The number of amides is 2. The van der Waals surface area contributed by atoms with Gasteiger partial charge in [-0.05, 0) is 24.5 Å². The predicted octanol–water partition coefficient (Wildman–Crippen LogP) is 2.16. The summed E-state index contributed by atoms with van der Waals surface area (Å²) in [5.41, 5.74) is 2.00. The van der Waals surface area contributed by atoms with Gasteiger partial charge in [0.15, 0.2) is 0 Å². The van der Waals surface area contributed by atoms with E-state index in [0.717, 1.165) is 38.2 Å². The molecule has 1 fully saturated rings. The van der Waals surface area contributed by atoms with E-state index >= 15 is 0 Å². The van der Waals surface area contributed by atoms with Crippen molar-refractivity contribution >= 4 is 17.5 Å². The molecule has 3 rings (SSSR count). The first kappa shape index (κ1) is 17.9. The van der Waals surface area contributed by atoms with Crippen molar-refractivity contribution in [3.63, 3.8) is 0 Å². The second-order valence-electron chi connectivity index (χ2n) is 8.10. The number of carbonyl (C=O) groups excluding carboxylic acids is 2. The maximum absolute atomic E-state index is 12.8. The second-order valence-corrected chi connectivity index (χ2v) is 8.10. The van der Waals surface area contributed by atoms with Crippen molar-refractivity contribution in [2.24, 2.45) is 5.41 Å². The van der Waals surface area contributed by atoms with Crippen LogP contribution in [0.25, 0.3) is 0 Å². The van der Waals surface area contributed by atoms with Crippen LogP contribution in [0.4, 0.5) is 5.69 Å². The molecule has 136 valence electrons. The van der Waals surface area contributed by atoms with Gasteiger partial charge in [-0.2, -0.15) is 0 Å². The number of aryl methyl sites for hydroxylation is 1. The Morgan fingerprint density at radius 3 is 2.36 bits per heavy atom. The number of piperazine rings is 1. The Kier molecular flexibility index (Phi) is 5.13. The van der Waals surface area contributed by atoms with Gasteiger partial charge in [-0.3, -0.25) is 14.5 Å². The molecule has 0 unspecified atom stereocenters. The molecule has 0 bridgehead atoms. The number of benzene rings is 1. The van der Waals surface area contributed by atoms with E-state index in [9.17, 15) is 9.59 Å². The highest BCUT2D eigenvalue weighted by Gasteiger charge is 2.31. The molecule has 5 heteroatoms. The molecule has 0 aliphatic carbocycles. The first-order chi connectivity index (χ1) is 11.9. The van der Waals surface area contributed by atoms with Gasteiger partial charge in [0.25, 0.3) is 0 Å². The molecule has 2 aliphatic heterocycles. The fourth-order valence-electron chi connectivity index (χ4n) is 3.65. The van der Waals surface area contributed by atoms with Crippen LogP contribution in [-0.2, 0) is 16.0 Å². The summed E-state index contributed by atoms with van der Waals surface area (Å²) in [6.07, 6.45) is 2.07. The van der Waals surface area contributed by atoms with Gasteiger partial charge in [0, 0.05) is 43.8 Å². The van der Waals surface area contributed by atoms with Crippen LogP contribution < -0.4 is 4.90 Å². The lowest BCUT2D eigenvalue weighted by molar-refractivity contribution is -0.141. The lowest BCUT2D eigenvalue weighted by atomic mass is 9.94. The zero-order valence-electron chi connectivity index (χ0n) is 15.6. The third-order valence-corrected chi connectivity index (χ3v) is 5.07. The van der Waals surface area contributed by atoms with Crippen molar-refractivity contribution in [1.82, 2.24) is 9.80 Å². The van der Waals surface area contributed by atoms with Crippen LogP contribution in [0.1, 0.15) is 32.8 Å². The number of rotatable bonds is 2. The number of para-hydroxylation sites is 1. The monoisotopic (exact) mass is 343 g/mol. The molecule has 5 nitrogen and oxygen atoms in total. The Bertz CT molecular complexity index is 643. The van der Waals surface area contributed by atoms with Crippen LogP contribution in [0.2, 0.25) is 0 Å². The maximum atomic E-state index is 12.8. The summed E-state index contributed by atoms with van der Waals surface area (Å²) in [4.78, 5) is 31.2. The quantitative estimate of drug-likeness (QED) is 0.826. The highest BCUT2D eigenvalue weighted by atomic mass is 16.2. The van der Waals surface area contributed by atoms with Gasteiger partial charge < -0.3 is 9.80 Å². The van der Waals surface area contributed by atoms with E-state index in [-0.39, 0.29) is 17.2 Å². The lowest BCUT2D eigenvalue weighted by Gasteiger charge is -2.38. The van der Waals surface area contributed by atoms with E-state index in [1.54, 1.807) is 0 Å². The average molecular weight is 343 g/mol. The second kappa shape index (κ2) is 7.16. The number of fused-ring (bicyclic) bond motifs is 1. The molecule has 0 aromatic heterocycles. The van der Waals surface area contributed by atoms with Gasteiger partial charge in [-0.1, -0.05) is 39.0 Å². The van der Waals surface area contributed by atoms with E-state index in [2.05, 4.69) is 11.0 Å². The van der Waals surface area contributed by atoms with Crippen molar-refractivity contribution in [2.45, 2.75) is 33.6 Å². The number of anilines is 1. The van der Waals surface area contributed by atoms with Crippen molar-refractivity contribution < 1.29 is 9.59 Å². The van der Waals surface area contributed by atoms with Crippen LogP contribution in [0, 0.1) is 5.41 Å². The van der Waals surface area contributed by atoms with Gasteiger partial charge in [0.2, 0.25) is 11.8 Å². The molecule has 0 radical (unpaired) electrons. The summed E-state index contributed by atoms with van der Waals surface area (Å²) in [6.45, 7) is 10.1. The molecule has 1 aromatic carbocycles. The molecule has 2 aliphatic rings. The smallest absolute Gasteiger partial charge is 0.241 e. The van der Waals surface area contributed by atoms with Crippen LogP contribution in [0.3, 0.4) is 0 Å². The fourth-order valence-corrected chi connectivity index (χ4v) is 3.65. The zero-order chi connectivity index (χ0) is 18.0. The van der Waals surface area contributed by atoms with Crippen molar-refractivity contribution in [1.29, 1.82) is 0 Å². The third-order valence-electron chi connectivity index (χ3n) is 5.07. The molecular weight excluding hydrogens is 314 g/mol. The van der Waals surface area contributed by atoms with Crippen LogP contribution in [-0.4, -0.2) is 60.9 Å². The molecule has 0 atom stereocenters. The number of nitrogens with zero attached hydrogens (tertiary/aromatic N) is 3. The first-order valence-corrected chi connectivity index (χ1v) is 9.26. The standard InChI is InChI=1S/C20H29N3O2/c1-20(2,3)19(25)22-13-11-21(12-14-22)15-18(24)23-10-6-8-16-7-4-5-9-17(16)23/h4-5,7,9H,6,8,10-15H2,1-3H3. The van der Waals surface area contributed by atoms with Crippen LogP contribution >= 0.6 is 0 Å². The molecule has 0 N–H and O–H groups in total. The van der Waals surface area contributed by atoms with E-state index in [4.69, 9.17) is 0 Å². The minimum absolute atomic E-state index is 0.169. The summed E-state index contributed by atoms with van der Waals surface area (Å²) in [5.74, 6) is 0.367. The molecule has 2 amide bonds. The van der Waals surface area contributed by atoms with Crippen molar-refractivity contribution in [3.05, 3.63) is 29.8 Å². The lowest BCUT2D eigenvalue weighted by Crippen LogP contribution is -2.53. The topological polar surface area (TPSA) is 43.9 Å². The predicted molar refractivity (Wildman–Crippen MR) is 99.6 cm³/mol. The van der Waals surface area contributed by atoms with Gasteiger partial charge in [-0.15, -0.1) is 0 Å². The van der Waals surface area contributed by atoms with E-state index < -0.39 is 0 Å². The Balaban J connectivity index is 1.56. The van der Waals surface area contributed by atoms with E-state index in [0.29, 0.717) is 19.6 Å². The SMILES string of the molecule is CC(C)(C)C(=O)N1CCN(CC(=O)N2CCCc3ccccc32)CC1. The van der Waals surface area contributed by atoms with Crippen LogP contribution in [0.15, 0.2) is 24.3 Å². The Labute approximate surface area is 150 Å². The van der Waals surface area contributed by atoms with E-state index in [1.807, 2.05) is 48.8 Å². The Morgan fingerprint density at radius 1 is 1.00 bits per heavy atom. The molecule has 0 saturated carbocycles. The van der Waals surface area contributed by atoms with Gasteiger partial charge >= 0.3 is 0 Å². The van der Waals surface area contributed by atoms with Gasteiger partial charge in [-0.25, -0.2) is 0 Å².